The van der Waals surface area contributed by atoms with Gasteiger partial charge in [0.1, 0.15) is 11.6 Å². The molecule has 115 valence electrons. The summed E-state index contributed by atoms with van der Waals surface area (Å²) in [6, 6.07) is 12.8. The SMILES string of the molecule is CN1CCN(c2[c]cccc2Cc2ccc(F)cc2F)CC1. The van der Waals surface area contributed by atoms with Gasteiger partial charge in [-0.3, -0.25) is 0 Å². The summed E-state index contributed by atoms with van der Waals surface area (Å²) in [7, 11) is 2.11. The fourth-order valence-electron chi connectivity index (χ4n) is 2.80. The minimum Gasteiger partial charge on any atom is -0.368 e. The van der Waals surface area contributed by atoms with Crippen LogP contribution in [0.4, 0.5) is 14.5 Å². The van der Waals surface area contributed by atoms with E-state index in [4.69, 9.17) is 0 Å². The lowest BCUT2D eigenvalue weighted by Crippen LogP contribution is -2.44. The molecule has 0 aliphatic carbocycles. The minimum atomic E-state index is -0.542. The summed E-state index contributed by atoms with van der Waals surface area (Å²) in [4.78, 5) is 4.58. The van der Waals surface area contributed by atoms with E-state index in [0.717, 1.165) is 43.5 Å². The maximum atomic E-state index is 13.9. The van der Waals surface area contributed by atoms with Crippen LogP contribution in [0.5, 0.6) is 0 Å². The molecular formula is C18H19F2N2. The van der Waals surface area contributed by atoms with Crippen LogP contribution in [0, 0.1) is 17.7 Å². The van der Waals surface area contributed by atoms with Gasteiger partial charge in [0, 0.05) is 50.4 Å². The summed E-state index contributed by atoms with van der Waals surface area (Å²) in [6.07, 6.45) is 0.450. The normalized spacial score (nSPS) is 16.0. The zero-order valence-electron chi connectivity index (χ0n) is 12.6. The maximum Gasteiger partial charge on any atom is 0.129 e. The van der Waals surface area contributed by atoms with Crippen LogP contribution in [0.3, 0.4) is 0 Å². The number of anilines is 1. The molecule has 0 unspecified atom stereocenters. The van der Waals surface area contributed by atoms with Gasteiger partial charge in [-0.05, 0) is 24.2 Å². The van der Waals surface area contributed by atoms with Crippen molar-refractivity contribution >= 4 is 5.69 Å². The molecule has 1 aliphatic rings. The Labute approximate surface area is 130 Å². The van der Waals surface area contributed by atoms with Crippen LogP contribution in [-0.4, -0.2) is 38.1 Å². The number of halogens is 2. The van der Waals surface area contributed by atoms with E-state index in [2.05, 4.69) is 22.9 Å². The number of hydrogen-bond donors (Lipinski definition) is 0. The van der Waals surface area contributed by atoms with Crippen LogP contribution < -0.4 is 4.90 Å². The van der Waals surface area contributed by atoms with Gasteiger partial charge >= 0.3 is 0 Å². The first-order valence-electron chi connectivity index (χ1n) is 7.50. The molecule has 2 aromatic carbocycles. The van der Waals surface area contributed by atoms with Gasteiger partial charge in [-0.15, -0.1) is 0 Å². The van der Waals surface area contributed by atoms with E-state index < -0.39 is 11.6 Å². The molecule has 22 heavy (non-hydrogen) atoms. The molecule has 3 rings (SSSR count). The van der Waals surface area contributed by atoms with E-state index in [-0.39, 0.29) is 0 Å². The number of likely N-dealkylation sites (N-methyl/N-ethyl adjacent to an activating group) is 1. The molecule has 0 atom stereocenters. The first-order valence-corrected chi connectivity index (χ1v) is 7.50. The van der Waals surface area contributed by atoms with Crippen molar-refractivity contribution in [2.24, 2.45) is 0 Å². The maximum absolute atomic E-state index is 13.9. The third-order valence-corrected chi connectivity index (χ3v) is 4.13. The Balaban J connectivity index is 1.85. The molecule has 1 saturated heterocycles. The van der Waals surface area contributed by atoms with Gasteiger partial charge in [0.05, 0.1) is 0 Å². The number of piperazine rings is 1. The van der Waals surface area contributed by atoms with Crippen molar-refractivity contribution in [1.29, 1.82) is 0 Å². The van der Waals surface area contributed by atoms with E-state index in [9.17, 15) is 8.78 Å². The molecule has 1 heterocycles. The molecule has 0 saturated carbocycles. The third-order valence-electron chi connectivity index (χ3n) is 4.13. The van der Waals surface area contributed by atoms with Gasteiger partial charge in [-0.25, -0.2) is 8.78 Å². The molecule has 0 spiro atoms. The highest BCUT2D eigenvalue weighted by Gasteiger charge is 2.17. The molecule has 4 heteroatoms. The van der Waals surface area contributed by atoms with Crippen LogP contribution in [0.15, 0.2) is 36.4 Å². The summed E-state index contributed by atoms with van der Waals surface area (Å²) in [5.41, 5.74) is 2.56. The second kappa shape index (κ2) is 6.44. The van der Waals surface area contributed by atoms with Crippen LogP contribution >= 0.6 is 0 Å². The van der Waals surface area contributed by atoms with E-state index in [1.165, 1.54) is 12.1 Å². The first-order chi connectivity index (χ1) is 10.6. The Kier molecular flexibility index (Phi) is 4.39. The summed E-state index contributed by atoms with van der Waals surface area (Å²) >= 11 is 0. The van der Waals surface area contributed by atoms with E-state index in [1.54, 1.807) is 0 Å². The van der Waals surface area contributed by atoms with Gasteiger partial charge in [0.2, 0.25) is 0 Å². The van der Waals surface area contributed by atoms with E-state index in [0.29, 0.717) is 12.0 Å². The monoisotopic (exact) mass is 301 g/mol. The van der Waals surface area contributed by atoms with Gasteiger partial charge < -0.3 is 9.80 Å². The predicted molar refractivity (Wildman–Crippen MR) is 84.2 cm³/mol. The average Bonchev–Trinajstić information content (AvgIpc) is 2.51. The van der Waals surface area contributed by atoms with Crippen molar-refractivity contribution in [3.8, 4) is 0 Å². The van der Waals surface area contributed by atoms with Crippen molar-refractivity contribution in [1.82, 2.24) is 4.90 Å². The van der Waals surface area contributed by atoms with Crippen molar-refractivity contribution in [3.63, 3.8) is 0 Å². The molecule has 2 aromatic rings. The zero-order valence-corrected chi connectivity index (χ0v) is 12.6. The quantitative estimate of drug-likeness (QED) is 0.859. The van der Waals surface area contributed by atoms with Crippen molar-refractivity contribution in [2.45, 2.75) is 6.42 Å². The highest BCUT2D eigenvalue weighted by atomic mass is 19.1. The standard InChI is InChI=1S/C18H19F2N2/c1-21-8-10-22(11-9-21)18-5-3-2-4-15(18)12-14-6-7-16(19)13-17(14)20/h2-4,6-7,13H,8-12H2,1H3. The Hall–Kier alpha value is -1.94. The van der Waals surface area contributed by atoms with Crippen LogP contribution in [0.1, 0.15) is 11.1 Å². The van der Waals surface area contributed by atoms with Gasteiger partial charge in [-0.1, -0.05) is 24.3 Å². The second-order valence-electron chi connectivity index (χ2n) is 5.75. The molecule has 1 fully saturated rings. The van der Waals surface area contributed by atoms with Crippen LogP contribution in [0.25, 0.3) is 0 Å². The average molecular weight is 301 g/mol. The van der Waals surface area contributed by atoms with E-state index in [1.807, 2.05) is 18.2 Å². The van der Waals surface area contributed by atoms with E-state index >= 15 is 0 Å². The molecule has 1 radical (unpaired) electrons. The first kappa shape index (κ1) is 15.0. The molecule has 1 aliphatic heterocycles. The lowest BCUT2D eigenvalue weighted by molar-refractivity contribution is 0.312. The fourth-order valence-corrected chi connectivity index (χ4v) is 2.80. The summed E-state index contributed by atoms with van der Waals surface area (Å²) in [5, 5.41) is 0. The Morgan fingerprint density at radius 3 is 2.55 bits per heavy atom. The smallest absolute Gasteiger partial charge is 0.129 e. The second-order valence-corrected chi connectivity index (χ2v) is 5.75. The van der Waals surface area contributed by atoms with Gasteiger partial charge in [0.15, 0.2) is 0 Å². The lowest BCUT2D eigenvalue weighted by atomic mass is 10.0. The molecule has 0 N–H and O–H groups in total. The number of benzene rings is 2. The third kappa shape index (κ3) is 3.28. The largest absolute Gasteiger partial charge is 0.368 e. The minimum absolute atomic E-state index is 0.450. The van der Waals surface area contributed by atoms with Gasteiger partial charge in [-0.2, -0.15) is 0 Å². The fraction of sp³-hybridized carbons (Fsp3) is 0.333. The highest BCUT2D eigenvalue weighted by molar-refractivity contribution is 5.54. The lowest BCUT2D eigenvalue weighted by Gasteiger charge is -2.35. The Bertz CT molecular complexity index is 649. The number of rotatable bonds is 3. The Morgan fingerprint density at radius 1 is 1.05 bits per heavy atom. The van der Waals surface area contributed by atoms with Gasteiger partial charge in [0.25, 0.3) is 0 Å². The molecule has 0 amide bonds. The van der Waals surface area contributed by atoms with Crippen molar-refractivity contribution < 1.29 is 8.78 Å². The van der Waals surface area contributed by atoms with Crippen LogP contribution in [-0.2, 0) is 6.42 Å². The molecule has 2 nitrogen and oxygen atoms in total. The molecule has 0 bridgehead atoms. The summed E-state index contributed by atoms with van der Waals surface area (Å²) in [6.45, 7) is 3.89. The zero-order chi connectivity index (χ0) is 15.5. The highest BCUT2D eigenvalue weighted by Crippen LogP contribution is 2.25. The molecule has 0 aromatic heterocycles. The van der Waals surface area contributed by atoms with Crippen molar-refractivity contribution in [2.75, 3.05) is 38.1 Å². The molecular weight excluding hydrogens is 282 g/mol. The number of hydrogen-bond acceptors (Lipinski definition) is 2. The number of nitrogens with zero attached hydrogens (tertiary/aromatic N) is 2. The topological polar surface area (TPSA) is 6.48 Å². The number of para-hydroxylation sites is 1. The van der Waals surface area contributed by atoms with Crippen LogP contribution in [0.2, 0.25) is 0 Å². The Morgan fingerprint density at radius 2 is 1.82 bits per heavy atom. The predicted octanol–water partition coefficient (Wildman–Crippen LogP) is 3.11. The summed E-state index contributed by atoms with van der Waals surface area (Å²) in [5.74, 6) is -1.03. The summed E-state index contributed by atoms with van der Waals surface area (Å²) < 4.78 is 26.9. The van der Waals surface area contributed by atoms with Crippen molar-refractivity contribution in [3.05, 3.63) is 65.2 Å².